The molecule has 0 saturated heterocycles. The van der Waals surface area contributed by atoms with Gasteiger partial charge in [-0.3, -0.25) is 0 Å². The summed E-state index contributed by atoms with van der Waals surface area (Å²) >= 11 is 0. The fraction of sp³-hybridized carbons (Fsp3) is 0.0164. The number of hydrogen-bond acceptors (Lipinski definition) is 1. The Morgan fingerprint density at radius 2 is 0.810 bits per heavy atom. The summed E-state index contributed by atoms with van der Waals surface area (Å²) in [6.07, 6.45) is 0. The van der Waals surface area contributed by atoms with Crippen molar-refractivity contribution in [1.82, 2.24) is 4.57 Å². The van der Waals surface area contributed by atoms with Gasteiger partial charge >= 0.3 is 0 Å². The Hall–Kier alpha value is -8.20. The number of rotatable bonds is 8. The van der Waals surface area contributed by atoms with Crippen molar-refractivity contribution in [3.8, 4) is 39.1 Å². The molecular formula is C61H42N2. The van der Waals surface area contributed by atoms with Gasteiger partial charge in [0.1, 0.15) is 0 Å². The van der Waals surface area contributed by atoms with Gasteiger partial charge in [0, 0.05) is 33.3 Å². The van der Waals surface area contributed by atoms with E-state index >= 15 is 0 Å². The molecule has 63 heavy (non-hydrogen) atoms. The fourth-order valence-electron chi connectivity index (χ4n) is 10.4. The lowest BCUT2D eigenvalue weighted by Gasteiger charge is -2.35. The molecule has 0 atom stereocenters. The third kappa shape index (κ3) is 5.80. The van der Waals surface area contributed by atoms with E-state index in [1.54, 1.807) is 0 Å². The van der Waals surface area contributed by atoms with Crippen molar-refractivity contribution in [3.05, 3.63) is 277 Å². The van der Waals surface area contributed by atoms with Gasteiger partial charge in [0.2, 0.25) is 0 Å². The van der Waals surface area contributed by atoms with E-state index in [-0.39, 0.29) is 0 Å². The summed E-state index contributed by atoms with van der Waals surface area (Å²) in [6, 6.07) is 93.4. The SMILES string of the molecule is c1ccc(-c2ccccc2N(c2ccc3c(c2)C(c2ccccc2)(c2ccccc2)c2ccccc2-3)c2ccc3c4ccccc4n(-c4ccccc4-c4ccccc4)c3c2)cc1. The first-order valence-electron chi connectivity index (χ1n) is 21.8. The summed E-state index contributed by atoms with van der Waals surface area (Å²) in [5.74, 6) is 0. The van der Waals surface area contributed by atoms with Gasteiger partial charge in [-0.2, -0.15) is 0 Å². The van der Waals surface area contributed by atoms with Crippen molar-refractivity contribution in [2.75, 3.05) is 4.90 Å². The fourth-order valence-corrected chi connectivity index (χ4v) is 10.4. The molecule has 0 N–H and O–H groups in total. The van der Waals surface area contributed by atoms with Gasteiger partial charge in [0.05, 0.1) is 27.8 Å². The molecule has 10 aromatic carbocycles. The van der Waals surface area contributed by atoms with Crippen LogP contribution in [0, 0.1) is 0 Å². The molecule has 1 aliphatic carbocycles. The minimum atomic E-state index is -0.535. The lowest BCUT2D eigenvalue weighted by Crippen LogP contribution is -2.28. The van der Waals surface area contributed by atoms with E-state index in [2.05, 4.69) is 264 Å². The Bertz CT molecular complexity index is 3400. The molecule has 0 aliphatic heterocycles. The lowest BCUT2D eigenvalue weighted by molar-refractivity contribution is 0.768. The van der Waals surface area contributed by atoms with E-state index < -0.39 is 5.41 Å². The normalized spacial score (nSPS) is 12.6. The van der Waals surface area contributed by atoms with E-state index in [1.165, 1.54) is 66.4 Å². The van der Waals surface area contributed by atoms with Crippen molar-refractivity contribution in [2.45, 2.75) is 5.41 Å². The van der Waals surface area contributed by atoms with Gasteiger partial charge in [-0.25, -0.2) is 0 Å². The molecule has 0 amide bonds. The van der Waals surface area contributed by atoms with E-state index in [9.17, 15) is 0 Å². The lowest BCUT2D eigenvalue weighted by atomic mass is 9.67. The van der Waals surface area contributed by atoms with Gasteiger partial charge in [-0.1, -0.05) is 212 Å². The van der Waals surface area contributed by atoms with E-state index in [4.69, 9.17) is 0 Å². The molecule has 2 nitrogen and oxygen atoms in total. The number of hydrogen-bond donors (Lipinski definition) is 0. The first-order chi connectivity index (χ1) is 31.3. The quantitative estimate of drug-likeness (QED) is 0.149. The van der Waals surface area contributed by atoms with Crippen molar-refractivity contribution in [2.24, 2.45) is 0 Å². The maximum atomic E-state index is 2.48. The molecule has 2 heteroatoms. The van der Waals surface area contributed by atoms with Crippen molar-refractivity contribution < 1.29 is 0 Å². The predicted molar refractivity (Wildman–Crippen MR) is 264 cm³/mol. The Morgan fingerprint density at radius 3 is 1.52 bits per heavy atom. The monoisotopic (exact) mass is 802 g/mol. The number of benzene rings is 10. The molecule has 0 saturated carbocycles. The van der Waals surface area contributed by atoms with E-state index in [0.29, 0.717) is 0 Å². The first kappa shape index (κ1) is 36.6. The van der Waals surface area contributed by atoms with Crippen LogP contribution in [-0.4, -0.2) is 4.57 Å². The van der Waals surface area contributed by atoms with Crippen molar-refractivity contribution >= 4 is 38.9 Å². The molecule has 1 heterocycles. The zero-order valence-electron chi connectivity index (χ0n) is 34.6. The van der Waals surface area contributed by atoms with Crippen LogP contribution in [0.4, 0.5) is 17.1 Å². The second kappa shape index (κ2) is 15.1. The summed E-state index contributed by atoms with van der Waals surface area (Å²) in [7, 11) is 0. The Kier molecular flexibility index (Phi) is 8.76. The topological polar surface area (TPSA) is 8.17 Å². The van der Waals surface area contributed by atoms with Crippen molar-refractivity contribution in [1.29, 1.82) is 0 Å². The van der Waals surface area contributed by atoms with Crippen LogP contribution in [-0.2, 0) is 5.41 Å². The summed E-state index contributed by atoms with van der Waals surface area (Å²) in [6.45, 7) is 0. The molecule has 0 spiro atoms. The molecule has 0 bridgehead atoms. The van der Waals surface area contributed by atoms with Gasteiger partial charge in [-0.05, 0) is 87.0 Å². The van der Waals surface area contributed by atoms with Gasteiger partial charge in [0.15, 0.2) is 0 Å². The second-order valence-corrected chi connectivity index (χ2v) is 16.4. The van der Waals surface area contributed by atoms with E-state index in [0.717, 1.165) is 33.8 Å². The highest BCUT2D eigenvalue weighted by Crippen LogP contribution is 2.57. The summed E-state index contributed by atoms with van der Waals surface area (Å²) < 4.78 is 2.47. The minimum absolute atomic E-state index is 0.535. The number of anilines is 3. The summed E-state index contributed by atoms with van der Waals surface area (Å²) in [4.78, 5) is 2.48. The highest BCUT2D eigenvalue weighted by atomic mass is 15.1. The van der Waals surface area contributed by atoms with Crippen LogP contribution in [0.15, 0.2) is 255 Å². The average Bonchev–Trinajstić information content (AvgIpc) is 3.85. The Balaban J connectivity index is 1.15. The minimum Gasteiger partial charge on any atom is -0.310 e. The summed E-state index contributed by atoms with van der Waals surface area (Å²) in [5.41, 5.74) is 18.5. The average molecular weight is 803 g/mol. The molecule has 1 aromatic heterocycles. The van der Waals surface area contributed by atoms with Crippen LogP contribution in [0.3, 0.4) is 0 Å². The third-order valence-electron chi connectivity index (χ3n) is 13.1. The Morgan fingerprint density at radius 1 is 0.317 bits per heavy atom. The van der Waals surface area contributed by atoms with Gasteiger partial charge in [0.25, 0.3) is 0 Å². The van der Waals surface area contributed by atoms with Gasteiger partial charge < -0.3 is 9.47 Å². The summed E-state index contributed by atoms with van der Waals surface area (Å²) in [5, 5.41) is 2.44. The van der Waals surface area contributed by atoms with Crippen LogP contribution in [0.2, 0.25) is 0 Å². The van der Waals surface area contributed by atoms with Gasteiger partial charge in [-0.15, -0.1) is 0 Å². The van der Waals surface area contributed by atoms with Crippen LogP contribution < -0.4 is 4.90 Å². The molecule has 0 unspecified atom stereocenters. The third-order valence-corrected chi connectivity index (χ3v) is 13.1. The van der Waals surface area contributed by atoms with E-state index in [1.807, 2.05) is 0 Å². The van der Waals surface area contributed by atoms with Crippen LogP contribution in [0.25, 0.3) is 60.9 Å². The molecule has 11 aromatic rings. The molecule has 12 rings (SSSR count). The predicted octanol–water partition coefficient (Wildman–Crippen LogP) is 16.0. The standard InChI is InChI=1S/C61H42N2/c1-5-21-43(22-6-1)49-29-14-18-34-57(49)62(47-37-39-52-51-31-13-17-33-55(51)61(56(52)41-47,45-25-9-3-10-26-45)46-27-11-4-12-28-46)48-38-40-54-53-32-16-20-36-59(53)63(60(54)42-48)58-35-19-15-30-50(58)44-23-7-2-8-24-44/h1-42H. The molecular weight excluding hydrogens is 761 g/mol. The van der Waals surface area contributed by atoms with Crippen LogP contribution in [0.1, 0.15) is 22.3 Å². The maximum Gasteiger partial charge on any atom is 0.0714 e. The van der Waals surface area contributed by atoms with Crippen LogP contribution >= 0.6 is 0 Å². The first-order valence-corrected chi connectivity index (χ1v) is 21.8. The number of nitrogens with zero attached hydrogens (tertiary/aromatic N) is 2. The molecule has 0 fully saturated rings. The second-order valence-electron chi connectivity index (χ2n) is 16.4. The number of para-hydroxylation sites is 3. The highest BCUT2D eigenvalue weighted by molar-refractivity contribution is 6.11. The smallest absolute Gasteiger partial charge is 0.0714 e. The molecule has 1 aliphatic rings. The highest BCUT2D eigenvalue weighted by Gasteiger charge is 2.46. The maximum absolute atomic E-state index is 2.48. The number of aromatic nitrogens is 1. The zero-order chi connectivity index (χ0) is 41.7. The van der Waals surface area contributed by atoms with Crippen LogP contribution in [0.5, 0.6) is 0 Å². The molecule has 0 radical (unpaired) electrons. The molecule has 296 valence electrons. The number of fused-ring (bicyclic) bond motifs is 6. The zero-order valence-corrected chi connectivity index (χ0v) is 34.6. The van der Waals surface area contributed by atoms with Crippen molar-refractivity contribution in [3.63, 3.8) is 0 Å². The largest absolute Gasteiger partial charge is 0.310 e. The Labute approximate surface area is 368 Å².